The van der Waals surface area contributed by atoms with Crippen LogP contribution in [0.3, 0.4) is 0 Å². The molecule has 3 heterocycles. The smallest absolute Gasteiger partial charge is 0.339 e. The van der Waals surface area contributed by atoms with Crippen molar-refractivity contribution in [1.29, 1.82) is 0 Å². The van der Waals surface area contributed by atoms with Gasteiger partial charge in [0.15, 0.2) is 0 Å². The number of piperidine rings is 1. The zero-order valence-corrected chi connectivity index (χ0v) is 18.0. The molecule has 0 saturated carbocycles. The number of carbonyl (C=O) groups is 2. The SMILES string of the molecule is CC[C@H]1CCCCN1c1nc2c(c(=O)[nH]1)[C@@H](C(=O)Nc1cccc(C(F)(F)F)c1)CC(=O)N2. The molecule has 176 valence electrons. The monoisotopic (exact) mass is 463 g/mol. The molecular formula is C22H24F3N5O3. The fraction of sp³-hybridized carbons (Fsp3) is 0.455. The number of amides is 2. The van der Waals surface area contributed by atoms with E-state index in [-0.39, 0.29) is 29.5 Å². The van der Waals surface area contributed by atoms with Gasteiger partial charge in [-0.3, -0.25) is 19.4 Å². The minimum atomic E-state index is -4.57. The summed E-state index contributed by atoms with van der Waals surface area (Å²) in [5, 5.41) is 4.96. The second kappa shape index (κ2) is 8.87. The first-order chi connectivity index (χ1) is 15.7. The summed E-state index contributed by atoms with van der Waals surface area (Å²) in [6.45, 7) is 2.77. The Morgan fingerprint density at radius 3 is 2.79 bits per heavy atom. The van der Waals surface area contributed by atoms with Gasteiger partial charge in [0.25, 0.3) is 5.56 Å². The number of nitrogens with zero attached hydrogens (tertiary/aromatic N) is 2. The standard InChI is InChI=1S/C22H24F3N5O3/c1-2-14-8-3-4-9-30(14)21-28-18-17(20(33)29-21)15(11-16(31)27-18)19(32)26-13-7-5-6-12(10-13)22(23,24)25/h5-7,10,14-15H,2-4,8-9,11H2,1H3,(H,26,32)(H2,27,28,29,31,33)/t14-,15-/m0/s1. The number of H-pyrrole nitrogens is 1. The van der Waals surface area contributed by atoms with Crippen LogP contribution in [0.4, 0.5) is 30.6 Å². The molecule has 1 aromatic heterocycles. The molecule has 2 amide bonds. The van der Waals surface area contributed by atoms with Crippen LogP contribution in [0.1, 0.15) is 56.1 Å². The van der Waals surface area contributed by atoms with Gasteiger partial charge >= 0.3 is 6.18 Å². The van der Waals surface area contributed by atoms with Gasteiger partial charge in [-0.2, -0.15) is 18.2 Å². The van der Waals surface area contributed by atoms with E-state index >= 15 is 0 Å². The third kappa shape index (κ3) is 4.71. The van der Waals surface area contributed by atoms with E-state index in [2.05, 4.69) is 27.5 Å². The Balaban J connectivity index is 1.64. The van der Waals surface area contributed by atoms with Gasteiger partial charge in [-0.05, 0) is 43.9 Å². The normalized spacial score (nSPS) is 20.7. The number of alkyl halides is 3. The molecule has 1 saturated heterocycles. The van der Waals surface area contributed by atoms with E-state index in [1.54, 1.807) is 0 Å². The molecule has 0 spiro atoms. The van der Waals surface area contributed by atoms with Gasteiger partial charge in [0.05, 0.1) is 17.0 Å². The van der Waals surface area contributed by atoms with Crippen LogP contribution in [-0.2, 0) is 15.8 Å². The minimum absolute atomic E-state index is 0.00659. The first-order valence-electron chi connectivity index (χ1n) is 10.9. The van der Waals surface area contributed by atoms with Gasteiger partial charge in [0.2, 0.25) is 17.8 Å². The number of fused-ring (bicyclic) bond motifs is 1. The minimum Gasteiger partial charge on any atom is -0.339 e. The van der Waals surface area contributed by atoms with E-state index in [4.69, 9.17) is 0 Å². The number of hydrogen-bond acceptors (Lipinski definition) is 5. The molecular weight excluding hydrogens is 439 g/mol. The summed E-state index contributed by atoms with van der Waals surface area (Å²) in [6, 6.07) is 4.38. The molecule has 1 fully saturated rings. The lowest BCUT2D eigenvalue weighted by atomic mass is 9.92. The molecule has 3 N–H and O–H groups in total. The summed E-state index contributed by atoms with van der Waals surface area (Å²) in [4.78, 5) is 47.4. The van der Waals surface area contributed by atoms with E-state index in [1.165, 1.54) is 12.1 Å². The number of aromatic amines is 1. The molecule has 8 nitrogen and oxygen atoms in total. The van der Waals surface area contributed by atoms with Gasteiger partial charge in [-0.25, -0.2) is 0 Å². The third-order valence-electron chi connectivity index (χ3n) is 6.08. The van der Waals surface area contributed by atoms with E-state index < -0.39 is 35.0 Å². The highest BCUT2D eigenvalue weighted by Gasteiger charge is 2.36. The van der Waals surface area contributed by atoms with Crippen molar-refractivity contribution in [3.05, 3.63) is 45.7 Å². The van der Waals surface area contributed by atoms with E-state index in [1.807, 2.05) is 4.90 Å². The number of aromatic nitrogens is 2. The highest BCUT2D eigenvalue weighted by molar-refractivity contribution is 6.04. The number of rotatable bonds is 4. The van der Waals surface area contributed by atoms with Gasteiger partial charge in [0, 0.05) is 24.7 Å². The van der Waals surface area contributed by atoms with Crippen LogP contribution in [-0.4, -0.2) is 34.4 Å². The molecule has 4 rings (SSSR count). The van der Waals surface area contributed by atoms with Crippen molar-refractivity contribution < 1.29 is 22.8 Å². The van der Waals surface area contributed by atoms with Gasteiger partial charge in [0.1, 0.15) is 5.82 Å². The van der Waals surface area contributed by atoms with Gasteiger partial charge in [-0.15, -0.1) is 0 Å². The topological polar surface area (TPSA) is 107 Å². The van der Waals surface area contributed by atoms with Crippen LogP contribution < -0.4 is 21.1 Å². The van der Waals surface area contributed by atoms with E-state index in [0.29, 0.717) is 12.5 Å². The summed E-state index contributed by atoms with van der Waals surface area (Å²) in [7, 11) is 0. The number of halogens is 3. The van der Waals surface area contributed by atoms with E-state index in [9.17, 15) is 27.6 Å². The van der Waals surface area contributed by atoms with Crippen molar-refractivity contribution in [3.63, 3.8) is 0 Å². The summed E-state index contributed by atoms with van der Waals surface area (Å²) in [5.74, 6) is -2.09. The lowest BCUT2D eigenvalue weighted by Gasteiger charge is -2.36. The number of anilines is 3. The quantitative estimate of drug-likeness (QED) is 0.642. The first-order valence-corrected chi connectivity index (χ1v) is 10.9. The van der Waals surface area contributed by atoms with Crippen LogP contribution >= 0.6 is 0 Å². The maximum absolute atomic E-state index is 13.0. The molecule has 2 aliphatic heterocycles. The number of carbonyl (C=O) groups excluding carboxylic acids is 2. The molecule has 2 atom stereocenters. The van der Waals surface area contributed by atoms with Crippen molar-refractivity contribution in [3.8, 4) is 0 Å². The molecule has 2 aliphatic rings. The van der Waals surface area contributed by atoms with Crippen molar-refractivity contribution in [2.75, 3.05) is 22.1 Å². The predicted molar refractivity (Wildman–Crippen MR) is 116 cm³/mol. The second-order valence-electron chi connectivity index (χ2n) is 8.28. The Hall–Kier alpha value is -3.37. The van der Waals surface area contributed by atoms with Crippen LogP contribution in [0.25, 0.3) is 0 Å². The molecule has 2 aromatic rings. The number of benzene rings is 1. The fourth-order valence-electron chi connectivity index (χ4n) is 4.43. The van der Waals surface area contributed by atoms with Crippen LogP contribution in [0.15, 0.2) is 29.1 Å². The molecule has 1 aromatic carbocycles. The highest BCUT2D eigenvalue weighted by Crippen LogP contribution is 2.33. The summed E-state index contributed by atoms with van der Waals surface area (Å²) in [5.41, 5.74) is -1.56. The average molecular weight is 463 g/mol. The summed E-state index contributed by atoms with van der Waals surface area (Å²) >= 11 is 0. The second-order valence-corrected chi connectivity index (χ2v) is 8.28. The lowest BCUT2D eigenvalue weighted by molar-refractivity contribution is -0.137. The van der Waals surface area contributed by atoms with Crippen molar-refractivity contribution in [2.45, 2.75) is 57.2 Å². The average Bonchev–Trinajstić information content (AvgIpc) is 2.77. The van der Waals surface area contributed by atoms with Crippen molar-refractivity contribution >= 4 is 29.3 Å². The molecule has 11 heteroatoms. The molecule has 0 bridgehead atoms. The molecule has 0 aliphatic carbocycles. The Morgan fingerprint density at radius 2 is 2.06 bits per heavy atom. The fourth-order valence-corrected chi connectivity index (χ4v) is 4.43. The Kier molecular flexibility index (Phi) is 6.13. The molecule has 33 heavy (non-hydrogen) atoms. The summed E-state index contributed by atoms with van der Waals surface area (Å²) in [6.07, 6.45) is -1.02. The number of nitrogens with one attached hydrogen (secondary N) is 3. The van der Waals surface area contributed by atoms with Crippen molar-refractivity contribution in [1.82, 2.24) is 9.97 Å². The first kappa shape index (κ1) is 22.8. The Morgan fingerprint density at radius 1 is 1.27 bits per heavy atom. The Labute approximate surface area is 187 Å². The lowest BCUT2D eigenvalue weighted by Crippen LogP contribution is -2.43. The highest BCUT2D eigenvalue weighted by atomic mass is 19.4. The molecule has 0 radical (unpaired) electrons. The Bertz CT molecular complexity index is 1130. The molecule has 0 unspecified atom stereocenters. The van der Waals surface area contributed by atoms with Crippen LogP contribution in [0.5, 0.6) is 0 Å². The number of hydrogen-bond donors (Lipinski definition) is 3. The van der Waals surface area contributed by atoms with Crippen molar-refractivity contribution in [2.24, 2.45) is 0 Å². The van der Waals surface area contributed by atoms with E-state index in [0.717, 1.165) is 37.8 Å². The van der Waals surface area contributed by atoms with Crippen LogP contribution in [0, 0.1) is 0 Å². The zero-order valence-electron chi connectivity index (χ0n) is 18.0. The third-order valence-corrected chi connectivity index (χ3v) is 6.08. The largest absolute Gasteiger partial charge is 0.416 e. The maximum Gasteiger partial charge on any atom is 0.416 e. The summed E-state index contributed by atoms with van der Waals surface area (Å²) < 4.78 is 38.9. The maximum atomic E-state index is 13.0. The predicted octanol–water partition coefficient (Wildman–Crippen LogP) is 3.62. The zero-order chi connectivity index (χ0) is 23.8. The van der Waals surface area contributed by atoms with Gasteiger partial charge < -0.3 is 15.5 Å². The van der Waals surface area contributed by atoms with Crippen LogP contribution in [0.2, 0.25) is 0 Å². The van der Waals surface area contributed by atoms with Gasteiger partial charge in [-0.1, -0.05) is 13.0 Å².